The van der Waals surface area contributed by atoms with Crippen LogP contribution in [0.25, 0.3) is 22.5 Å². The van der Waals surface area contributed by atoms with Crippen molar-refractivity contribution in [3.63, 3.8) is 0 Å². The second kappa shape index (κ2) is 15.5. The molecule has 0 aliphatic carbocycles. The molecule has 2 amide bonds. The molecule has 0 radical (unpaired) electrons. The maximum absolute atomic E-state index is 13.3. The smallest absolute Gasteiger partial charge is 0.262 e. The number of nitrogens with one attached hydrogen (secondary N) is 1. The SMILES string of the molecule is CCCCCCCOc1ccc(-c2cnc(-c3ccc(CC(NC(=O)c4ccc(C(C)(C)C)s4)C(=O)N4CCC4)cc3)nc2)cc1. The van der Waals surface area contributed by atoms with Gasteiger partial charge in [0, 0.05) is 47.9 Å². The van der Waals surface area contributed by atoms with Gasteiger partial charge in [-0.25, -0.2) is 9.97 Å². The summed E-state index contributed by atoms with van der Waals surface area (Å²) in [7, 11) is 0. The number of aromatic nitrogens is 2. The standard InChI is InChI=1S/C38H46N4O3S/c1-5-6-7-8-9-23-45-31-17-15-28(16-18-31)30-25-39-35(40-26-30)29-13-11-27(12-14-29)24-32(37(44)42-21-10-22-42)41-36(43)33-19-20-34(46-33)38(2,3)4/h11-20,25-26,32H,5-10,21-24H2,1-4H3,(H,41,43). The lowest BCUT2D eigenvalue weighted by molar-refractivity contribution is -0.136. The predicted octanol–water partition coefficient (Wildman–Crippen LogP) is 8.09. The highest BCUT2D eigenvalue weighted by atomic mass is 32.1. The minimum Gasteiger partial charge on any atom is -0.494 e. The molecule has 2 aromatic carbocycles. The van der Waals surface area contributed by atoms with Crippen molar-refractivity contribution in [2.45, 2.75) is 84.1 Å². The minimum absolute atomic E-state index is 0.0304. The number of benzene rings is 2. The van der Waals surface area contributed by atoms with Crippen LogP contribution in [0.4, 0.5) is 0 Å². The summed E-state index contributed by atoms with van der Waals surface area (Å²) in [5.74, 6) is 1.28. The Morgan fingerprint density at radius 2 is 1.54 bits per heavy atom. The van der Waals surface area contributed by atoms with Crippen LogP contribution in [0.3, 0.4) is 0 Å². The van der Waals surface area contributed by atoms with Gasteiger partial charge in [-0.1, -0.05) is 89.8 Å². The van der Waals surface area contributed by atoms with Gasteiger partial charge in [0.05, 0.1) is 11.5 Å². The van der Waals surface area contributed by atoms with Crippen LogP contribution in [0.1, 0.15) is 86.3 Å². The molecule has 0 saturated carbocycles. The Morgan fingerprint density at radius 3 is 2.15 bits per heavy atom. The highest BCUT2D eigenvalue weighted by Crippen LogP contribution is 2.30. The molecule has 0 spiro atoms. The molecule has 3 heterocycles. The zero-order chi connectivity index (χ0) is 32.5. The summed E-state index contributed by atoms with van der Waals surface area (Å²) in [5.41, 5.74) is 3.80. The number of rotatable bonds is 14. The maximum atomic E-state index is 13.3. The van der Waals surface area contributed by atoms with Crippen molar-refractivity contribution in [1.29, 1.82) is 0 Å². The molecular formula is C38H46N4O3S. The first-order chi connectivity index (χ1) is 22.2. The third-order valence-corrected chi connectivity index (χ3v) is 9.86. The summed E-state index contributed by atoms with van der Waals surface area (Å²) >= 11 is 1.48. The number of nitrogens with zero attached hydrogens (tertiary/aromatic N) is 3. The van der Waals surface area contributed by atoms with Crippen LogP contribution >= 0.6 is 11.3 Å². The Kier molecular flexibility index (Phi) is 11.2. The largest absolute Gasteiger partial charge is 0.494 e. The van der Waals surface area contributed by atoms with Gasteiger partial charge in [0.1, 0.15) is 11.8 Å². The number of carbonyl (C=O) groups is 2. The number of likely N-dealkylation sites (tertiary alicyclic amines) is 1. The van der Waals surface area contributed by atoms with Gasteiger partial charge in [-0.3, -0.25) is 9.59 Å². The number of hydrogen-bond donors (Lipinski definition) is 1. The lowest BCUT2D eigenvalue weighted by atomic mass is 9.95. The van der Waals surface area contributed by atoms with Crippen LogP contribution in [-0.4, -0.2) is 52.4 Å². The summed E-state index contributed by atoms with van der Waals surface area (Å²) in [6, 6.07) is 19.2. The Labute approximate surface area is 277 Å². The summed E-state index contributed by atoms with van der Waals surface area (Å²) in [6.07, 6.45) is 11.2. The fourth-order valence-corrected chi connectivity index (χ4v) is 6.31. The molecule has 0 bridgehead atoms. The Balaban J connectivity index is 1.19. The molecule has 1 aliphatic heterocycles. The molecule has 1 unspecified atom stereocenters. The highest BCUT2D eigenvalue weighted by Gasteiger charge is 2.30. The molecule has 5 rings (SSSR count). The van der Waals surface area contributed by atoms with Crippen molar-refractivity contribution in [3.05, 3.63) is 88.4 Å². The van der Waals surface area contributed by atoms with E-state index in [0.29, 0.717) is 17.1 Å². The van der Waals surface area contributed by atoms with Crippen LogP contribution in [0.2, 0.25) is 0 Å². The first-order valence-corrected chi connectivity index (χ1v) is 17.4. The molecule has 7 nitrogen and oxygen atoms in total. The highest BCUT2D eigenvalue weighted by molar-refractivity contribution is 7.14. The fourth-order valence-electron chi connectivity index (χ4n) is 5.34. The number of ether oxygens (including phenoxy) is 1. The van der Waals surface area contributed by atoms with Crippen LogP contribution in [0, 0.1) is 0 Å². The van der Waals surface area contributed by atoms with Crippen molar-refractivity contribution in [2.24, 2.45) is 0 Å². The summed E-state index contributed by atoms with van der Waals surface area (Å²) in [5, 5.41) is 3.03. The molecule has 1 atom stereocenters. The van der Waals surface area contributed by atoms with E-state index in [2.05, 4.69) is 43.0 Å². The average Bonchev–Trinajstić information content (AvgIpc) is 3.54. The third kappa shape index (κ3) is 8.81. The molecular weight excluding hydrogens is 593 g/mol. The van der Waals surface area contributed by atoms with E-state index in [0.717, 1.165) is 65.4 Å². The van der Waals surface area contributed by atoms with Crippen LogP contribution in [0.5, 0.6) is 5.75 Å². The van der Waals surface area contributed by atoms with Crippen LogP contribution < -0.4 is 10.1 Å². The number of unbranched alkanes of at least 4 members (excludes halogenated alkanes) is 4. The van der Waals surface area contributed by atoms with E-state index < -0.39 is 6.04 Å². The van der Waals surface area contributed by atoms with Crippen molar-refractivity contribution in [2.75, 3.05) is 19.7 Å². The van der Waals surface area contributed by atoms with E-state index >= 15 is 0 Å². The second-order valence-electron chi connectivity index (χ2n) is 13.1. The lowest BCUT2D eigenvalue weighted by Gasteiger charge is -2.34. The van der Waals surface area contributed by atoms with Gasteiger partial charge in [0.2, 0.25) is 5.91 Å². The van der Waals surface area contributed by atoms with E-state index in [1.165, 1.54) is 37.0 Å². The second-order valence-corrected chi connectivity index (χ2v) is 14.2. The van der Waals surface area contributed by atoms with Gasteiger partial charge >= 0.3 is 0 Å². The molecule has 46 heavy (non-hydrogen) atoms. The molecule has 8 heteroatoms. The quantitative estimate of drug-likeness (QED) is 0.141. The zero-order valence-electron chi connectivity index (χ0n) is 27.6. The van der Waals surface area contributed by atoms with E-state index in [1.54, 1.807) is 0 Å². The van der Waals surface area contributed by atoms with Crippen molar-refractivity contribution in [3.8, 4) is 28.3 Å². The van der Waals surface area contributed by atoms with E-state index in [4.69, 9.17) is 4.74 Å². The van der Waals surface area contributed by atoms with E-state index in [9.17, 15) is 9.59 Å². The number of carbonyl (C=O) groups excluding carboxylic acids is 2. The molecule has 1 N–H and O–H groups in total. The number of thiophene rings is 1. The van der Waals surface area contributed by atoms with Gasteiger partial charge in [0.15, 0.2) is 5.82 Å². The molecule has 1 saturated heterocycles. The normalized spacial score (nSPS) is 13.6. The van der Waals surface area contributed by atoms with Gasteiger partial charge in [-0.2, -0.15) is 0 Å². The Bertz CT molecular complexity index is 1570. The van der Waals surface area contributed by atoms with Crippen molar-refractivity contribution < 1.29 is 14.3 Å². The molecule has 1 aliphatic rings. The summed E-state index contributed by atoms with van der Waals surface area (Å²) < 4.78 is 5.90. The van der Waals surface area contributed by atoms with Gasteiger partial charge in [-0.05, 0) is 53.6 Å². The first kappa shape index (κ1) is 33.3. The van der Waals surface area contributed by atoms with Gasteiger partial charge < -0.3 is 15.0 Å². The molecule has 2 aromatic heterocycles. The number of hydrogen-bond acceptors (Lipinski definition) is 6. The van der Waals surface area contributed by atoms with E-state index in [-0.39, 0.29) is 17.2 Å². The van der Waals surface area contributed by atoms with Crippen LogP contribution in [-0.2, 0) is 16.6 Å². The first-order valence-electron chi connectivity index (χ1n) is 16.6. The Morgan fingerprint density at radius 1 is 0.870 bits per heavy atom. The topological polar surface area (TPSA) is 84.4 Å². The van der Waals surface area contributed by atoms with Gasteiger partial charge in [-0.15, -0.1) is 11.3 Å². The third-order valence-electron chi connectivity index (χ3n) is 8.35. The fraction of sp³-hybridized carbons (Fsp3) is 0.421. The molecule has 242 valence electrons. The lowest BCUT2D eigenvalue weighted by Crippen LogP contribution is -2.53. The summed E-state index contributed by atoms with van der Waals surface area (Å²) in [6.45, 7) is 10.8. The van der Waals surface area contributed by atoms with E-state index in [1.807, 2.05) is 78.0 Å². The zero-order valence-corrected chi connectivity index (χ0v) is 28.4. The minimum atomic E-state index is -0.628. The summed E-state index contributed by atoms with van der Waals surface area (Å²) in [4.78, 5) is 39.3. The molecule has 1 fully saturated rings. The number of amides is 2. The monoisotopic (exact) mass is 638 g/mol. The van der Waals surface area contributed by atoms with Gasteiger partial charge in [0.25, 0.3) is 5.91 Å². The van der Waals surface area contributed by atoms with Crippen molar-refractivity contribution in [1.82, 2.24) is 20.2 Å². The molecule has 4 aromatic rings. The van der Waals surface area contributed by atoms with Crippen LogP contribution in [0.15, 0.2) is 73.1 Å². The van der Waals surface area contributed by atoms with Crippen molar-refractivity contribution >= 4 is 23.2 Å². The predicted molar refractivity (Wildman–Crippen MR) is 186 cm³/mol. The maximum Gasteiger partial charge on any atom is 0.262 e. The Hall–Kier alpha value is -4.04. The average molecular weight is 639 g/mol.